The van der Waals surface area contributed by atoms with Gasteiger partial charge >= 0.3 is 0 Å². The van der Waals surface area contributed by atoms with E-state index in [0.29, 0.717) is 18.2 Å². The molecule has 1 unspecified atom stereocenters. The molecule has 0 fully saturated rings. The van der Waals surface area contributed by atoms with Crippen LogP contribution < -0.4 is 15.4 Å². The van der Waals surface area contributed by atoms with Crippen molar-refractivity contribution in [3.05, 3.63) is 35.5 Å². The number of carbonyl (C=O) groups excluding carboxylic acids is 1. The summed E-state index contributed by atoms with van der Waals surface area (Å²) in [6, 6.07) is 7.51. The molecule has 1 aliphatic heterocycles. The molecule has 2 heterocycles. The van der Waals surface area contributed by atoms with Crippen LogP contribution in [0.1, 0.15) is 11.3 Å². The third-order valence-corrected chi connectivity index (χ3v) is 3.32. The average molecular weight is 273 g/mol. The Kier molecular flexibility index (Phi) is 3.06. The number of hydrogen-bond acceptors (Lipinski definition) is 5. The fourth-order valence-electron chi connectivity index (χ4n) is 1.98. The van der Waals surface area contributed by atoms with Crippen LogP contribution in [0.25, 0.3) is 0 Å². The van der Waals surface area contributed by atoms with Crippen molar-refractivity contribution in [1.29, 1.82) is 0 Å². The molecule has 1 aromatic heterocycles. The lowest BCUT2D eigenvalue weighted by molar-refractivity contribution is -0.122. The Labute approximate surface area is 116 Å². The van der Waals surface area contributed by atoms with E-state index in [1.165, 1.54) is 0 Å². The molecule has 0 spiro atoms. The maximum Gasteiger partial charge on any atom is 0.269 e. The Hall–Kier alpha value is -2.50. The first kappa shape index (κ1) is 12.5. The molecule has 2 aromatic rings. The number of nitrogens with one attached hydrogen (secondary N) is 2. The predicted octanol–water partition coefficient (Wildman–Crippen LogP) is 2.10. The molecule has 1 aromatic carbocycles. The Morgan fingerprint density at radius 3 is 2.95 bits per heavy atom. The zero-order chi connectivity index (χ0) is 14.1. The second-order valence-corrected chi connectivity index (χ2v) is 4.69. The third kappa shape index (κ3) is 2.20. The number of benzene rings is 1. The first-order valence-corrected chi connectivity index (χ1v) is 6.38. The number of carbonyl (C=O) groups is 1. The van der Waals surface area contributed by atoms with Gasteiger partial charge in [-0.1, -0.05) is 17.3 Å². The Bertz CT molecular complexity index is 651. The normalized spacial score (nSPS) is 16.8. The maximum absolute atomic E-state index is 12.2. The highest BCUT2D eigenvalue weighted by Crippen LogP contribution is 2.28. The molecule has 1 atom stereocenters. The van der Waals surface area contributed by atoms with Crippen LogP contribution in [-0.4, -0.2) is 23.7 Å². The van der Waals surface area contributed by atoms with Gasteiger partial charge in [-0.15, -0.1) is 0 Å². The number of ether oxygens (including phenoxy) is 1. The first-order valence-electron chi connectivity index (χ1n) is 6.38. The number of anilines is 2. The molecule has 2 N–H and O–H groups in total. The van der Waals surface area contributed by atoms with Gasteiger partial charge in [0.1, 0.15) is 5.75 Å². The van der Waals surface area contributed by atoms with Crippen molar-refractivity contribution < 1.29 is 14.1 Å². The van der Waals surface area contributed by atoms with E-state index >= 15 is 0 Å². The Morgan fingerprint density at radius 1 is 1.40 bits per heavy atom. The number of hydrogen-bond donors (Lipinski definition) is 2. The largest absolute Gasteiger partial charge is 0.477 e. The molecule has 0 saturated carbocycles. The predicted molar refractivity (Wildman–Crippen MR) is 74.0 cm³/mol. The molecule has 1 aliphatic rings. The second kappa shape index (κ2) is 4.88. The van der Waals surface area contributed by atoms with Crippen LogP contribution in [-0.2, 0) is 4.79 Å². The number of aryl methyl sites for hydroxylation is 1. The Balaban J connectivity index is 1.72. The third-order valence-electron chi connectivity index (χ3n) is 3.32. The van der Waals surface area contributed by atoms with E-state index in [1.807, 2.05) is 38.1 Å². The van der Waals surface area contributed by atoms with Crippen molar-refractivity contribution in [3.8, 4) is 5.75 Å². The number of nitrogens with zero attached hydrogens (tertiary/aromatic N) is 1. The minimum absolute atomic E-state index is 0.258. The van der Waals surface area contributed by atoms with Crippen LogP contribution in [0.4, 0.5) is 11.6 Å². The molecule has 6 heteroatoms. The highest BCUT2D eigenvalue weighted by atomic mass is 16.5. The van der Waals surface area contributed by atoms with Gasteiger partial charge in [0.2, 0.25) is 5.88 Å². The van der Waals surface area contributed by atoms with Crippen molar-refractivity contribution in [2.24, 2.45) is 0 Å². The van der Waals surface area contributed by atoms with Crippen LogP contribution in [0.5, 0.6) is 5.75 Å². The van der Waals surface area contributed by atoms with Crippen molar-refractivity contribution >= 4 is 17.5 Å². The zero-order valence-corrected chi connectivity index (χ0v) is 11.3. The lowest BCUT2D eigenvalue weighted by Gasteiger charge is -2.26. The standard InChI is InChI=1S/C14H15N3O3/c1-8-9(2)17-20-14(8)16-13(18)12-7-15-10-5-3-4-6-11(10)19-12/h3-6,12,15H,7H2,1-2H3,(H,16,18). The summed E-state index contributed by atoms with van der Waals surface area (Å²) < 4.78 is 10.7. The molecular weight excluding hydrogens is 258 g/mol. The van der Waals surface area contributed by atoms with E-state index in [9.17, 15) is 4.79 Å². The summed E-state index contributed by atoms with van der Waals surface area (Å²) in [4.78, 5) is 12.2. The highest BCUT2D eigenvalue weighted by molar-refractivity contribution is 5.94. The van der Waals surface area contributed by atoms with E-state index in [4.69, 9.17) is 9.26 Å². The zero-order valence-electron chi connectivity index (χ0n) is 11.3. The van der Waals surface area contributed by atoms with E-state index in [0.717, 1.165) is 16.9 Å². The summed E-state index contributed by atoms with van der Waals surface area (Å²) in [5.41, 5.74) is 2.47. The lowest BCUT2D eigenvalue weighted by atomic mass is 10.2. The van der Waals surface area contributed by atoms with Gasteiger partial charge < -0.3 is 14.6 Å². The average Bonchev–Trinajstić information content (AvgIpc) is 2.78. The fourth-order valence-corrected chi connectivity index (χ4v) is 1.98. The van der Waals surface area contributed by atoms with Gasteiger partial charge in [0.15, 0.2) is 6.10 Å². The molecule has 1 amide bonds. The summed E-state index contributed by atoms with van der Waals surface area (Å²) >= 11 is 0. The summed E-state index contributed by atoms with van der Waals surface area (Å²) in [6.07, 6.45) is -0.602. The summed E-state index contributed by atoms with van der Waals surface area (Å²) in [5, 5.41) is 9.67. The number of amides is 1. The molecule has 0 saturated heterocycles. The van der Waals surface area contributed by atoms with Gasteiger partial charge in [0, 0.05) is 5.56 Å². The number of aromatic nitrogens is 1. The van der Waals surface area contributed by atoms with Crippen LogP contribution >= 0.6 is 0 Å². The molecular formula is C14H15N3O3. The number of para-hydroxylation sites is 2. The number of fused-ring (bicyclic) bond motifs is 1. The van der Waals surface area contributed by atoms with Crippen LogP contribution in [0.3, 0.4) is 0 Å². The van der Waals surface area contributed by atoms with Crippen molar-refractivity contribution in [3.63, 3.8) is 0 Å². The van der Waals surface area contributed by atoms with Gasteiger partial charge in [-0.25, -0.2) is 0 Å². The van der Waals surface area contributed by atoms with E-state index in [2.05, 4.69) is 15.8 Å². The second-order valence-electron chi connectivity index (χ2n) is 4.69. The van der Waals surface area contributed by atoms with Crippen LogP contribution in [0, 0.1) is 13.8 Å². The molecule has 6 nitrogen and oxygen atoms in total. The fraction of sp³-hybridized carbons (Fsp3) is 0.286. The van der Waals surface area contributed by atoms with Gasteiger partial charge in [0.25, 0.3) is 5.91 Å². The monoisotopic (exact) mass is 273 g/mol. The highest BCUT2D eigenvalue weighted by Gasteiger charge is 2.27. The molecule has 0 bridgehead atoms. The molecule has 104 valence electrons. The minimum atomic E-state index is -0.602. The smallest absolute Gasteiger partial charge is 0.269 e. The van der Waals surface area contributed by atoms with Gasteiger partial charge in [-0.3, -0.25) is 10.1 Å². The Morgan fingerprint density at radius 2 is 2.20 bits per heavy atom. The van der Waals surface area contributed by atoms with Gasteiger partial charge in [0.05, 0.1) is 17.9 Å². The van der Waals surface area contributed by atoms with E-state index < -0.39 is 6.10 Å². The first-order chi connectivity index (χ1) is 9.65. The molecule has 3 rings (SSSR count). The SMILES string of the molecule is Cc1noc(NC(=O)C2CNc3ccccc3O2)c1C. The van der Waals surface area contributed by atoms with Crippen molar-refractivity contribution in [1.82, 2.24) is 5.16 Å². The van der Waals surface area contributed by atoms with E-state index in [1.54, 1.807) is 0 Å². The quantitative estimate of drug-likeness (QED) is 0.876. The van der Waals surface area contributed by atoms with Crippen LogP contribution in [0.2, 0.25) is 0 Å². The van der Waals surface area contributed by atoms with Gasteiger partial charge in [-0.2, -0.15) is 0 Å². The molecule has 0 radical (unpaired) electrons. The number of rotatable bonds is 2. The summed E-state index contributed by atoms with van der Waals surface area (Å²) in [6.45, 7) is 4.08. The lowest BCUT2D eigenvalue weighted by Crippen LogP contribution is -2.41. The molecule has 0 aliphatic carbocycles. The van der Waals surface area contributed by atoms with E-state index in [-0.39, 0.29) is 5.91 Å². The topological polar surface area (TPSA) is 76.4 Å². The van der Waals surface area contributed by atoms with Crippen molar-refractivity contribution in [2.45, 2.75) is 20.0 Å². The maximum atomic E-state index is 12.2. The summed E-state index contributed by atoms with van der Waals surface area (Å²) in [5.74, 6) is 0.783. The van der Waals surface area contributed by atoms with Crippen LogP contribution in [0.15, 0.2) is 28.8 Å². The minimum Gasteiger partial charge on any atom is -0.477 e. The summed E-state index contributed by atoms with van der Waals surface area (Å²) in [7, 11) is 0. The molecule has 20 heavy (non-hydrogen) atoms. The van der Waals surface area contributed by atoms with Gasteiger partial charge in [-0.05, 0) is 26.0 Å². The van der Waals surface area contributed by atoms with Crippen molar-refractivity contribution in [2.75, 3.05) is 17.2 Å².